The summed E-state index contributed by atoms with van der Waals surface area (Å²) in [6.45, 7) is 4.07. The second kappa shape index (κ2) is 10.9. The molecule has 2 aliphatic rings. The number of anilines is 1. The van der Waals surface area contributed by atoms with E-state index in [2.05, 4.69) is 44.6 Å². The Morgan fingerprint density at radius 3 is 2.43 bits per heavy atom. The quantitative estimate of drug-likeness (QED) is 0.353. The maximum Gasteiger partial charge on any atom is 0.191 e. The summed E-state index contributed by atoms with van der Waals surface area (Å²) in [5.41, 5.74) is 1.13. The van der Waals surface area contributed by atoms with Gasteiger partial charge in [0.1, 0.15) is 11.5 Å². The predicted molar refractivity (Wildman–Crippen MR) is 126 cm³/mol. The molecule has 28 heavy (non-hydrogen) atoms. The number of likely N-dealkylation sites (tertiary alicyclic amines) is 1. The fourth-order valence-electron chi connectivity index (χ4n) is 3.93. The van der Waals surface area contributed by atoms with Crippen LogP contribution in [0.25, 0.3) is 0 Å². The zero-order valence-electron chi connectivity index (χ0n) is 17.4. The van der Waals surface area contributed by atoms with Gasteiger partial charge in [-0.1, -0.05) is 0 Å². The van der Waals surface area contributed by atoms with Crippen LogP contribution in [0.2, 0.25) is 0 Å². The fourth-order valence-corrected chi connectivity index (χ4v) is 3.93. The molecule has 0 aliphatic carbocycles. The number of likely N-dealkylation sites (N-methyl/N-ethyl adjacent to an activating group) is 1. The Hall–Kier alpha value is -1.42. The molecule has 1 aromatic rings. The number of hydrogen-bond acceptors (Lipinski definition) is 5. The van der Waals surface area contributed by atoms with Gasteiger partial charge in [-0.3, -0.25) is 4.99 Å². The third kappa shape index (κ3) is 5.79. The lowest BCUT2D eigenvalue weighted by Gasteiger charge is -2.23. The summed E-state index contributed by atoms with van der Waals surface area (Å²) >= 11 is 0. The molecular formula is C20H34IN5O2. The average Bonchev–Trinajstić information content (AvgIpc) is 3.33. The zero-order valence-corrected chi connectivity index (χ0v) is 19.7. The van der Waals surface area contributed by atoms with Crippen molar-refractivity contribution in [2.75, 3.05) is 59.4 Å². The molecular weight excluding hydrogens is 469 g/mol. The molecule has 0 bridgehead atoms. The first kappa shape index (κ1) is 22.9. The molecule has 0 amide bonds. The van der Waals surface area contributed by atoms with Gasteiger partial charge in [-0.15, -0.1) is 24.0 Å². The molecule has 0 spiro atoms. The summed E-state index contributed by atoms with van der Waals surface area (Å²) in [5.74, 6) is 2.53. The monoisotopic (exact) mass is 503 g/mol. The molecule has 2 heterocycles. The van der Waals surface area contributed by atoms with Crippen molar-refractivity contribution < 1.29 is 9.47 Å². The van der Waals surface area contributed by atoms with Crippen LogP contribution in [0.1, 0.15) is 19.3 Å². The highest BCUT2D eigenvalue weighted by Crippen LogP contribution is 2.30. The minimum absolute atomic E-state index is 0. The van der Waals surface area contributed by atoms with Crippen LogP contribution in [0.5, 0.6) is 11.5 Å². The van der Waals surface area contributed by atoms with Gasteiger partial charge in [0.25, 0.3) is 0 Å². The topological polar surface area (TPSA) is 61.4 Å². The molecule has 0 aromatic heterocycles. The van der Waals surface area contributed by atoms with Gasteiger partial charge in [-0.25, -0.2) is 0 Å². The summed E-state index contributed by atoms with van der Waals surface area (Å²) in [7, 11) is 7.41. The van der Waals surface area contributed by atoms with E-state index in [-0.39, 0.29) is 24.0 Å². The van der Waals surface area contributed by atoms with E-state index in [1.807, 2.05) is 13.1 Å². The van der Waals surface area contributed by atoms with Crippen LogP contribution in [-0.2, 0) is 0 Å². The van der Waals surface area contributed by atoms with Crippen LogP contribution in [0.4, 0.5) is 5.69 Å². The summed E-state index contributed by atoms with van der Waals surface area (Å²) in [4.78, 5) is 9.19. The Labute approximate surface area is 185 Å². The van der Waals surface area contributed by atoms with Gasteiger partial charge in [0.05, 0.1) is 14.2 Å². The number of ether oxygens (including phenoxy) is 2. The van der Waals surface area contributed by atoms with Gasteiger partial charge in [0, 0.05) is 62.7 Å². The number of benzene rings is 1. The smallest absolute Gasteiger partial charge is 0.191 e. The van der Waals surface area contributed by atoms with Gasteiger partial charge in [0.2, 0.25) is 0 Å². The number of hydrogen-bond donors (Lipinski definition) is 2. The van der Waals surface area contributed by atoms with Crippen molar-refractivity contribution in [2.24, 2.45) is 4.99 Å². The van der Waals surface area contributed by atoms with Crippen molar-refractivity contribution in [1.82, 2.24) is 15.5 Å². The lowest BCUT2D eigenvalue weighted by molar-refractivity contribution is 0.309. The van der Waals surface area contributed by atoms with E-state index in [4.69, 9.17) is 9.47 Å². The first-order chi connectivity index (χ1) is 13.1. The van der Waals surface area contributed by atoms with Crippen LogP contribution in [0.3, 0.4) is 0 Å². The number of methoxy groups -OCH3 is 2. The second-order valence-corrected chi connectivity index (χ2v) is 7.38. The van der Waals surface area contributed by atoms with Crippen molar-refractivity contribution in [3.63, 3.8) is 0 Å². The van der Waals surface area contributed by atoms with Gasteiger partial charge < -0.3 is 29.9 Å². The molecule has 2 unspecified atom stereocenters. The van der Waals surface area contributed by atoms with E-state index >= 15 is 0 Å². The molecule has 8 heteroatoms. The minimum atomic E-state index is 0. The molecule has 0 radical (unpaired) electrons. The van der Waals surface area contributed by atoms with Crippen LogP contribution in [0.15, 0.2) is 23.2 Å². The first-order valence-electron chi connectivity index (χ1n) is 9.78. The van der Waals surface area contributed by atoms with Crippen LogP contribution < -0.4 is 25.0 Å². The highest BCUT2D eigenvalue weighted by atomic mass is 127. The largest absolute Gasteiger partial charge is 0.497 e. The lowest BCUT2D eigenvalue weighted by atomic mass is 10.2. The predicted octanol–water partition coefficient (Wildman–Crippen LogP) is 2.16. The molecule has 2 fully saturated rings. The Balaban J connectivity index is 0.00000280. The number of nitrogens with one attached hydrogen (secondary N) is 2. The first-order valence-corrected chi connectivity index (χ1v) is 9.78. The SMILES string of the molecule is CN=C(NCC1CCCN1C)NC1CCN(c2cc(OC)cc(OC)c2)C1.I. The third-order valence-corrected chi connectivity index (χ3v) is 5.63. The van der Waals surface area contributed by atoms with Crippen molar-refractivity contribution in [3.05, 3.63) is 18.2 Å². The average molecular weight is 503 g/mol. The van der Waals surface area contributed by atoms with Gasteiger partial charge in [-0.05, 0) is 32.9 Å². The van der Waals surface area contributed by atoms with E-state index < -0.39 is 0 Å². The van der Waals surface area contributed by atoms with E-state index in [0.29, 0.717) is 12.1 Å². The van der Waals surface area contributed by atoms with E-state index in [9.17, 15) is 0 Å². The Morgan fingerprint density at radius 2 is 1.86 bits per heavy atom. The number of aliphatic imine (C=N–C) groups is 1. The molecule has 0 saturated carbocycles. The number of guanidine groups is 1. The molecule has 3 rings (SSSR count). The number of nitrogens with zero attached hydrogens (tertiary/aromatic N) is 3. The number of halogens is 1. The Morgan fingerprint density at radius 1 is 1.14 bits per heavy atom. The van der Waals surface area contributed by atoms with Crippen molar-refractivity contribution in [1.29, 1.82) is 0 Å². The normalized spacial score (nSPS) is 22.7. The van der Waals surface area contributed by atoms with Gasteiger partial charge in [-0.2, -0.15) is 0 Å². The lowest BCUT2D eigenvalue weighted by Crippen LogP contribution is -2.48. The third-order valence-electron chi connectivity index (χ3n) is 5.63. The maximum atomic E-state index is 5.40. The van der Waals surface area contributed by atoms with E-state index in [1.165, 1.54) is 19.4 Å². The van der Waals surface area contributed by atoms with Crippen molar-refractivity contribution >= 4 is 35.6 Å². The van der Waals surface area contributed by atoms with Gasteiger partial charge >= 0.3 is 0 Å². The van der Waals surface area contributed by atoms with Crippen LogP contribution in [0, 0.1) is 0 Å². The maximum absolute atomic E-state index is 5.40. The van der Waals surface area contributed by atoms with Crippen LogP contribution in [-0.4, -0.2) is 77.4 Å². The summed E-state index contributed by atoms with van der Waals surface area (Å²) < 4.78 is 10.8. The minimum Gasteiger partial charge on any atom is -0.497 e. The second-order valence-electron chi connectivity index (χ2n) is 7.38. The van der Waals surface area contributed by atoms with E-state index in [0.717, 1.165) is 49.2 Å². The molecule has 2 atom stereocenters. The summed E-state index contributed by atoms with van der Waals surface area (Å²) in [6.07, 6.45) is 3.62. The Bertz CT molecular complexity index is 635. The molecule has 2 aliphatic heterocycles. The summed E-state index contributed by atoms with van der Waals surface area (Å²) in [5, 5.41) is 7.08. The van der Waals surface area contributed by atoms with E-state index in [1.54, 1.807) is 14.2 Å². The van der Waals surface area contributed by atoms with Crippen molar-refractivity contribution in [2.45, 2.75) is 31.3 Å². The Kier molecular flexibility index (Phi) is 8.94. The highest BCUT2D eigenvalue weighted by molar-refractivity contribution is 14.0. The molecule has 1 aromatic carbocycles. The molecule has 2 N–H and O–H groups in total. The van der Waals surface area contributed by atoms with Crippen LogP contribution >= 0.6 is 24.0 Å². The van der Waals surface area contributed by atoms with Crippen molar-refractivity contribution in [3.8, 4) is 11.5 Å². The molecule has 7 nitrogen and oxygen atoms in total. The van der Waals surface area contributed by atoms with Gasteiger partial charge in [0.15, 0.2) is 5.96 Å². The zero-order chi connectivity index (χ0) is 19.2. The standard InChI is InChI=1S/C20H33N5O2.HI/c1-21-20(22-13-16-6-5-8-24(16)2)23-15-7-9-25(14-15)17-10-18(26-3)12-19(11-17)27-4;/h10-12,15-16H,5-9,13-14H2,1-4H3,(H2,21,22,23);1H. The molecule has 2 saturated heterocycles. The molecule has 158 valence electrons. The number of rotatable bonds is 6. The summed E-state index contributed by atoms with van der Waals surface area (Å²) in [6, 6.07) is 7.01. The highest BCUT2D eigenvalue weighted by Gasteiger charge is 2.25. The fraction of sp³-hybridized carbons (Fsp3) is 0.650.